The average molecular weight is 248 g/mol. The molecule has 0 amide bonds. The molecule has 0 saturated carbocycles. The lowest BCUT2D eigenvalue weighted by atomic mass is 10.2. The van der Waals surface area contributed by atoms with Crippen LogP contribution in [-0.2, 0) is 12.5 Å². The monoisotopic (exact) mass is 247 g/mol. The standard InChI is InChI=1S/C14H14ClNO/c1-11-5-13(9-16-8-11)10-17-14-4-2-3-12(6-14)7-15/h2-6,8-9H,7,10H2,1H3. The molecular weight excluding hydrogens is 234 g/mol. The van der Waals surface area contributed by atoms with Crippen LogP contribution >= 0.6 is 11.6 Å². The molecule has 1 aromatic carbocycles. The van der Waals surface area contributed by atoms with Crippen LogP contribution in [0.15, 0.2) is 42.7 Å². The Morgan fingerprint density at radius 3 is 2.82 bits per heavy atom. The van der Waals surface area contributed by atoms with E-state index in [1.165, 1.54) is 0 Å². The number of benzene rings is 1. The molecule has 0 unspecified atom stereocenters. The number of ether oxygens (including phenoxy) is 1. The second kappa shape index (κ2) is 5.69. The second-order valence-electron chi connectivity index (χ2n) is 3.94. The molecule has 0 N–H and O–H groups in total. The number of halogens is 1. The highest BCUT2D eigenvalue weighted by atomic mass is 35.5. The Morgan fingerprint density at radius 2 is 2.06 bits per heavy atom. The van der Waals surface area contributed by atoms with Crippen molar-refractivity contribution < 1.29 is 4.74 Å². The molecule has 17 heavy (non-hydrogen) atoms. The first kappa shape index (κ1) is 11.9. The van der Waals surface area contributed by atoms with Gasteiger partial charge in [0, 0.05) is 23.8 Å². The Hall–Kier alpha value is -1.54. The summed E-state index contributed by atoms with van der Waals surface area (Å²) in [5.41, 5.74) is 3.27. The van der Waals surface area contributed by atoms with Gasteiger partial charge in [-0.2, -0.15) is 0 Å². The molecular formula is C14H14ClNO. The van der Waals surface area contributed by atoms with Gasteiger partial charge in [-0.05, 0) is 36.2 Å². The topological polar surface area (TPSA) is 22.1 Å². The van der Waals surface area contributed by atoms with Crippen molar-refractivity contribution in [2.45, 2.75) is 19.4 Å². The molecule has 0 aliphatic rings. The van der Waals surface area contributed by atoms with Crippen LogP contribution in [-0.4, -0.2) is 4.98 Å². The van der Waals surface area contributed by atoms with Crippen molar-refractivity contribution in [2.75, 3.05) is 0 Å². The van der Waals surface area contributed by atoms with Gasteiger partial charge in [0.2, 0.25) is 0 Å². The van der Waals surface area contributed by atoms with Crippen molar-refractivity contribution in [1.82, 2.24) is 4.98 Å². The summed E-state index contributed by atoms with van der Waals surface area (Å²) in [5, 5.41) is 0. The highest BCUT2D eigenvalue weighted by molar-refractivity contribution is 6.17. The lowest BCUT2D eigenvalue weighted by molar-refractivity contribution is 0.305. The van der Waals surface area contributed by atoms with Crippen molar-refractivity contribution in [2.24, 2.45) is 0 Å². The number of aromatic nitrogens is 1. The van der Waals surface area contributed by atoms with E-state index in [9.17, 15) is 0 Å². The van der Waals surface area contributed by atoms with Crippen LogP contribution in [0.25, 0.3) is 0 Å². The van der Waals surface area contributed by atoms with E-state index in [-0.39, 0.29) is 0 Å². The van der Waals surface area contributed by atoms with Crippen molar-refractivity contribution in [3.63, 3.8) is 0 Å². The van der Waals surface area contributed by atoms with Gasteiger partial charge in [-0.15, -0.1) is 11.6 Å². The molecule has 0 saturated heterocycles. The lowest BCUT2D eigenvalue weighted by Crippen LogP contribution is -1.97. The third-order valence-corrected chi connectivity index (χ3v) is 2.70. The number of nitrogens with zero attached hydrogens (tertiary/aromatic N) is 1. The second-order valence-corrected chi connectivity index (χ2v) is 4.21. The summed E-state index contributed by atoms with van der Waals surface area (Å²) in [5.74, 6) is 1.34. The summed E-state index contributed by atoms with van der Waals surface area (Å²) in [6.07, 6.45) is 3.65. The molecule has 0 aliphatic heterocycles. The molecule has 3 heteroatoms. The van der Waals surface area contributed by atoms with Gasteiger partial charge >= 0.3 is 0 Å². The minimum atomic E-state index is 0.503. The highest BCUT2D eigenvalue weighted by Gasteiger charge is 1.98. The first-order valence-corrected chi connectivity index (χ1v) is 5.99. The molecule has 0 aliphatic carbocycles. The molecule has 2 aromatic rings. The van der Waals surface area contributed by atoms with Gasteiger partial charge in [-0.25, -0.2) is 0 Å². The van der Waals surface area contributed by atoms with E-state index in [2.05, 4.69) is 11.1 Å². The quantitative estimate of drug-likeness (QED) is 0.769. The van der Waals surface area contributed by atoms with Crippen LogP contribution in [0.3, 0.4) is 0 Å². The Kier molecular flexibility index (Phi) is 3.99. The van der Waals surface area contributed by atoms with Gasteiger partial charge in [0.25, 0.3) is 0 Å². The summed E-state index contributed by atoms with van der Waals surface area (Å²) in [6, 6.07) is 9.88. The van der Waals surface area contributed by atoms with Crippen molar-refractivity contribution in [1.29, 1.82) is 0 Å². The molecule has 0 radical (unpaired) electrons. The van der Waals surface area contributed by atoms with Gasteiger partial charge in [-0.3, -0.25) is 4.98 Å². The number of aryl methyl sites for hydroxylation is 1. The van der Waals surface area contributed by atoms with Crippen LogP contribution in [0.5, 0.6) is 5.75 Å². The minimum absolute atomic E-state index is 0.503. The lowest BCUT2D eigenvalue weighted by Gasteiger charge is -2.07. The predicted octanol–water partition coefficient (Wildman–Crippen LogP) is 3.71. The van der Waals surface area contributed by atoms with E-state index in [1.807, 2.05) is 43.6 Å². The van der Waals surface area contributed by atoms with Gasteiger partial charge in [0.1, 0.15) is 12.4 Å². The van der Waals surface area contributed by atoms with Crippen LogP contribution in [0.1, 0.15) is 16.7 Å². The van der Waals surface area contributed by atoms with E-state index in [4.69, 9.17) is 16.3 Å². The molecule has 2 nitrogen and oxygen atoms in total. The van der Waals surface area contributed by atoms with Gasteiger partial charge in [-0.1, -0.05) is 12.1 Å². The van der Waals surface area contributed by atoms with Crippen LogP contribution in [0.4, 0.5) is 0 Å². The maximum atomic E-state index is 5.77. The van der Waals surface area contributed by atoms with Crippen LogP contribution < -0.4 is 4.74 Å². The minimum Gasteiger partial charge on any atom is -0.489 e. The number of hydrogen-bond donors (Lipinski definition) is 0. The Morgan fingerprint density at radius 1 is 1.18 bits per heavy atom. The molecule has 0 bridgehead atoms. The van der Waals surface area contributed by atoms with E-state index < -0.39 is 0 Å². The fourth-order valence-electron chi connectivity index (χ4n) is 1.58. The molecule has 1 aromatic heterocycles. The first-order valence-electron chi connectivity index (χ1n) is 5.46. The smallest absolute Gasteiger partial charge is 0.120 e. The SMILES string of the molecule is Cc1cncc(COc2cccc(CCl)c2)c1. The van der Waals surface area contributed by atoms with Crippen molar-refractivity contribution in [3.8, 4) is 5.75 Å². The number of alkyl halides is 1. The van der Waals surface area contributed by atoms with E-state index >= 15 is 0 Å². The van der Waals surface area contributed by atoms with Gasteiger partial charge in [0.15, 0.2) is 0 Å². The summed E-state index contributed by atoms with van der Waals surface area (Å²) in [4.78, 5) is 4.13. The Balaban J connectivity index is 2.02. The molecule has 1 heterocycles. The number of hydrogen-bond acceptors (Lipinski definition) is 2. The molecule has 2 rings (SSSR count). The van der Waals surface area contributed by atoms with Crippen LogP contribution in [0.2, 0.25) is 0 Å². The van der Waals surface area contributed by atoms with Crippen LogP contribution in [0, 0.1) is 6.92 Å². The number of pyridine rings is 1. The van der Waals surface area contributed by atoms with E-state index in [1.54, 1.807) is 0 Å². The zero-order valence-corrected chi connectivity index (χ0v) is 10.4. The number of rotatable bonds is 4. The maximum Gasteiger partial charge on any atom is 0.120 e. The summed E-state index contributed by atoms with van der Waals surface area (Å²) >= 11 is 5.77. The van der Waals surface area contributed by atoms with Gasteiger partial charge in [0.05, 0.1) is 0 Å². The molecule has 0 spiro atoms. The normalized spacial score (nSPS) is 10.2. The predicted molar refractivity (Wildman–Crippen MR) is 69.3 cm³/mol. The van der Waals surface area contributed by atoms with Crippen molar-refractivity contribution >= 4 is 11.6 Å². The highest BCUT2D eigenvalue weighted by Crippen LogP contribution is 2.16. The Labute approximate surface area is 106 Å². The maximum absolute atomic E-state index is 5.77. The zero-order valence-electron chi connectivity index (χ0n) is 9.69. The summed E-state index contributed by atoms with van der Waals surface area (Å²) < 4.78 is 5.69. The largest absolute Gasteiger partial charge is 0.489 e. The molecule has 88 valence electrons. The molecule has 0 fully saturated rings. The summed E-state index contributed by atoms with van der Waals surface area (Å²) in [7, 11) is 0. The fraction of sp³-hybridized carbons (Fsp3) is 0.214. The summed E-state index contributed by atoms with van der Waals surface area (Å²) in [6.45, 7) is 2.55. The Bertz CT molecular complexity index is 499. The van der Waals surface area contributed by atoms with Gasteiger partial charge < -0.3 is 4.74 Å². The molecule has 0 atom stereocenters. The third-order valence-electron chi connectivity index (χ3n) is 2.39. The fourth-order valence-corrected chi connectivity index (χ4v) is 1.75. The van der Waals surface area contributed by atoms with E-state index in [0.717, 1.165) is 22.4 Å². The van der Waals surface area contributed by atoms with E-state index in [0.29, 0.717) is 12.5 Å². The third kappa shape index (κ3) is 3.46. The van der Waals surface area contributed by atoms with Crippen molar-refractivity contribution in [3.05, 3.63) is 59.4 Å². The zero-order chi connectivity index (χ0) is 12.1. The average Bonchev–Trinajstić information content (AvgIpc) is 2.37. The first-order chi connectivity index (χ1) is 8.28.